The Kier molecular flexibility index (Phi) is 5.27. The van der Waals surface area contributed by atoms with Gasteiger partial charge >= 0.3 is 0 Å². The predicted molar refractivity (Wildman–Crippen MR) is 104 cm³/mol. The van der Waals surface area contributed by atoms with Crippen molar-refractivity contribution in [1.82, 2.24) is 14.9 Å². The topological polar surface area (TPSA) is 75.6 Å². The quantitative estimate of drug-likeness (QED) is 0.776. The molecule has 1 unspecified atom stereocenters. The van der Waals surface area contributed by atoms with Crippen molar-refractivity contribution in [2.45, 2.75) is 31.8 Å². The molecule has 0 bridgehead atoms. The molecular formula is C21H23FN4O3. The van der Waals surface area contributed by atoms with Gasteiger partial charge in [-0.15, -0.1) is 0 Å². The Balaban J connectivity index is 1.48. The molecule has 1 aromatic heterocycles. The molecular weight excluding hydrogens is 375 g/mol. The third-order valence-electron chi connectivity index (χ3n) is 5.55. The van der Waals surface area contributed by atoms with E-state index >= 15 is 0 Å². The monoisotopic (exact) mass is 398 g/mol. The third-order valence-corrected chi connectivity index (χ3v) is 5.55. The fourth-order valence-electron chi connectivity index (χ4n) is 3.93. The number of rotatable bonds is 2. The zero-order valence-corrected chi connectivity index (χ0v) is 16.3. The molecule has 29 heavy (non-hydrogen) atoms. The number of halogens is 1. The molecule has 4 rings (SSSR count). The number of ether oxygens (including phenoxy) is 1. The van der Waals surface area contributed by atoms with Crippen molar-refractivity contribution in [1.29, 1.82) is 0 Å². The number of aromatic nitrogens is 2. The highest BCUT2D eigenvalue weighted by molar-refractivity contribution is 5.95. The van der Waals surface area contributed by atoms with Gasteiger partial charge < -0.3 is 14.5 Å². The van der Waals surface area contributed by atoms with Crippen LogP contribution in [0.5, 0.6) is 0 Å². The first kappa shape index (κ1) is 19.4. The molecule has 0 N–H and O–H groups in total. The van der Waals surface area contributed by atoms with E-state index in [0.717, 1.165) is 18.5 Å². The van der Waals surface area contributed by atoms with E-state index in [2.05, 4.69) is 9.97 Å². The molecule has 3 heterocycles. The van der Waals surface area contributed by atoms with Gasteiger partial charge in [-0.25, -0.2) is 9.37 Å². The first-order valence-corrected chi connectivity index (χ1v) is 9.74. The van der Waals surface area contributed by atoms with Crippen molar-refractivity contribution >= 4 is 17.5 Å². The van der Waals surface area contributed by atoms with Crippen LogP contribution in [0.15, 0.2) is 36.7 Å². The van der Waals surface area contributed by atoms with Crippen molar-refractivity contribution in [3.05, 3.63) is 53.9 Å². The van der Waals surface area contributed by atoms with E-state index in [1.54, 1.807) is 28.1 Å². The summed E-state index contributed by atoms with van der Waals surface area (Å²) in [6.07, 6.45) is 5.14. The van der Waals surface area contributed by atoms with E-state index in [1.165, 1.54) is 18.3 Å². The molecule has 1 atom stereocenters. The van der Waals surface area contributed by atoms with Crippen molar-refractivity contribution in [3.8, 4) is 0 Å². The second kappa shape index (κ2) is 7.87. The van der Waals surface area contributed by atoms with E-state index in [1.807, 2.05) is 6.92 Å². The Morgan fingerprint density at radius 3 is 2.83 bits per heavy atom. The molecule has 2 aliphatic heterocycles. The van der Waals surface area contributed by atoms with Gasteiger partial charge in [0.1, 0.15) is 18.1 Å². The first-order valence-electron chi connectivity index (χ1n) is 9.74. The van der Waals surface area contributed by atoms with Gasteiger partial charge in [-0.05, 0) is 44.4 Å². The lowest BCUT2D eigenvalue weighted by atomic mass is 9.92. The van der Waals surface area contributed by atoms with Gasteiger partial charge in [0.25, 0.3) is 11.8 Å². The SMILES string of the molecule is Cc1cnc(C(=O)N2CCCC3(CC2)CN(c2cccc(F)c2)C(=O)CO3)cn1. The lowest BCUT2D eigenvalue weighted by Crippen LogP contribution is -2.55. The van der Waals surface area contributed by atoms with Crippen LogP contribution in [0, 0.1) is 12.7 Å². The standard InChI is InChI=1S/C21H23FN4O3/c1-15-11-24-18(12-23-15)20(28)25-8-3-6-21(7-9-25)14-26(19(27)13-29-21)17-5-2-4-16(22)10-17/h2,4-5,10-12H,3,6-9,13-14H2,1H3. The smallest absolute Gasteiger partial charge is 0.274 e. The number of carbonyl (C=O) groups excluding carboxylic acids is 2. The highest BCUT2D eigenvalue weighted by atomic mass is 19.1. The summed E-state index contributed by atoms with van der Waals surface area (Å²) in [5.74, 6) is -0.718. The summed E-state index contributed by atoms with van der Waals surface area (Å²) in [6, 6.07) is 6.03. The Bertz CT molecular complexity index is 920. The Morgan fingerprint density at radius 1 is 1.21 bits per heavy atom. The Labute approximate surface area is 168 Å². The Hall–Kier alpha value is -2.87. The number of amides is 2. The summed E-state index contributed by atoms with van der Waals surface area (Å²) in [5.41, 5.74) is 1.07. The minimum atomic E-state index is -0.547. The minimum absolute atomic E-state index is 0.0477. The molecule has 2 fully saturated rings. The maximum absolute atomic E-state index is 13.6. The van der Waals surface area contributed by atoms with Crippen LogP contribution in [0.2, 0.25) is 0 Å². The first-order chi connectivity index (χ1) is 14.0. The fourth-order valence-corrected chi connectivity index (χ4v) is 3.93. The zero-order chi connectivity index (χ0) is 20.4. The Morgan fingerprint density at radius 2 is 2.07 bits per heavy atom. The lowest BCUT2D eigenvalue weighted by molar-refractivity contribution is -0.140. The van der Waals surface area contributed by atoms with E-state index in [-0.39, 0.29) is 24.2 Å². The molecule has 2 aliphatic rings. The van der Waals surface area contributed by atoms with Crippen LogP contribution in [0.4, 0.5) is 10.1 Å². The number of carbonyl (C=O) groups is 2. The highest BCUT2D eigenvalue weighted by Gasteiger charge is 2.42. The molecule has 7 nitrogen and oxygen atoms in total. The van der Waals surface area contributed by atoms with Gasteiger partial charge in [0, 0.05) is 25.0 Å². The molecule has 0 aliphatic carbocycles. The predicted octanol–water partition coefficient (Wildman–Crippen LogP) is 2.35. The number of likely N-dealkylation sites (tertiary alicyclic amines) is 1. The van der Waals surface area contributed by atoms with E-state index < -0.39 is 5.60 Å². The van der Waals surface area contributed by atoms with Crippen molar-refractivity contribution in [2.75, 3.05) is 31.1 Å². The van der Waals surface area contributed by atoms with Gasteiger partial charge in [-0.3, -0.25) is 14.6 Å². The maximum Gasteiger partial charge on any atom is 0.274 e. The summed E-state index contributed by atoms with van der Waals surface area (Å²) in [5, 5.41) is 0. The number of benzene rings is 1. The van der Waals surface area contributed by atoms with Crippen LogP contribution in [-0.2, 0) is 9.53 Å². The average molecular weight is 398 g/mol. The number of aryl methyl sites for hydroxylation is 1. The average Bonchev–Trinajstić information content (AvgIpc) is 2.93. The van der Waals surface area contributed by atoms with Crippen molar-refractivity contribution in [3.63, 3.8) is 0 Å². The van der Waals surface area contributed by atoms with Gasteiger partial charge in [-0.2, -0.15) is 0 Å². The summed E-state index contributed by atoms with van der Waals surface area (Å²) in [7, 11) is 0. The van der Waals surface area contributed by atoms with E-state index in [0.29, 0.717) is 37.4 Å². The molecule has 1 aromatic carbocycles. The number of nitrogens with zero attached hydrogens (tertiary/aromatic N) is 4. The van der Waals surface area contributed by atoms with Crippen LogP contribution in [0.3, 0.4) is 0 Å². The molecule has 2 aromatic rings. The molecule has 2 amide bonds. The summed E-state index contributed by atoms with van der Waals surface area (Å²) < 4.78 is 19.6. The van der Waals surface area contributed by atoms with Crippen LogP contribution >= 0.6 is 0 Å². The summed E-state index contributed by atoms with van der Waals surface area (Å²) in [4.78, 5) is 36.9. The second-order valence-electron chi connectivity index (χ2n) is 7.62. The minimum Gasteiger partial charge on any atom is -0.363 e. The van der Waals surface area contributed by atoms with Gasteiger partial charge in [0.05, 0.1) is 24.0 Å². The van der Waals surface area contributed by atoms with Gasteiger partial charge in [-0.1, -0.05) is 6.07 Å². The normalized spacial score (nSPS) is 22.6. The van der Waals surface area contributed by atoms with Crippen molar-refractivity contribution in [2.24, 2.45) is 0 Å². The van der Waals surface area contributed by atoms with Crippen molar-refractivity contribution < 1.29 is 18.7 Å². The van der Waals surface area contributed by atoms with Gasteiger partial charge in [0.15, 0.2) is 0 Å². The van der Waals surface area contributed by atoms with Gasteiger partial charge in [0.2, 0.25) is 0 Å². The zero-order valence-electron chi connectivity index (χ0n) is 16.3. The number of hydrogen-bond donors (Lipinski definition) is 0. The van der Waals surface area contributed by atoms with Crippen LogP contribution in [-0.4, -0.2) is 58.5 Å². The molecule has 8 heteroatoms. The molecule has 0 saturated carbocycles. The summed E-state index contributed by atoms with van der Waals surface area (Å²) >= 11 is 0. The second-order valence-corrected chi connectivity index (χ2v) is 7.62. The van der Waals surface area contributed by atoms with E-state index in [4.69, 9.17) is 4.74 Å². The van der Waals surface area contributed by atoms with Crippen LogP contribution in [0.1, 0.15) is 35.4 Å². The van der Waals surface area contributed by atoms with E-state index in [9.17, 15) is 14.0 Å². The molecule has 1 spiro atoms. The molecule has 2 saturated heterocycles. The maximum atomic E-state index is 13.6. The number of morpholine rings is 1. The van der Waals surface area contributed by atoms with Crippen LogP contribution in [0.25, 0.3) is 0 Å². The molecule has 0 radical (unpaired) electrons. The number of anilines is 1. The highest BCUT2D eigenvalue weighted by Crippen LogP contribution is 2.33. The largest absolute Gasteiger partial charge is 0.363 e. The molecule has 152 valence electrons. The van der Waals surface area contributed by atoms with Crippen LogP contribution < -0.4 is 4.90 Å². The fraction of sp³-hybridized carbons (Fsp3) is 0.429. The lowest BCUT2D eigenvalue weighted by Gasteiger charge is -2.42. The number of hydrogen-bond acceptors (Lipinski definition) is 5. The third kappa shape index (κ3) is 4.12. The summed E-state index contributed by atoms with van der Waals surface area (Å²) in [6.45, 7) is 3.21.